The van der Waals surface area contributed by atoms with E-state index in [0.717, 1.165) is 0 Å². The summed E-state index contributed by atoms with van der Waals surface area (Å²) in [6, 6.07) is 11.2. The van der Waals surface area contributed by atoms with Crippen LogP contribution in [-0.4, -0.2) is 24.6 Å². The van der Waals surface area contributed by atoms with E-state index in [1.165, 1.54) is 120 Å². The Labute approximate surface area is 171 Å². The molecule has 0 heterocycles. The van der Waals surface area contributed by atoms with Crippen molar-refractivity contribution in [1.29, 1.82) is 0 Å². The van der Waals surface area contributed by atoms with Gasteiger partial charge in [0.25, 0.3) is 0 Å². The number of nitrogens with zero attached hydrogens (tertiary/aromatic N) is 1. The molecule has 0 aliphatic carbocycles. The third kappa shape index (κ3) is 13.1. The van der Waals surface area contributed by atoms with Crippen molar-refractivity contribution < 1.29 is 4.48 Å². The standard InChI is InChI=1S/C26H48N/c1-4-6-8-10-12-13-15-20-24-27(3,23-19-14-11-9-7-5-2)25-26-21-17-16-18-22-26/h16-18,21-22H,4-15,19-20,23-25H2,1-3H3/q+1. The van der Waals surface area contributed by atoms with Gasteiger partial charge in [0.2, 0.25) is 0 Å². The number of rotatable bonds is 18. The maximum absolute atomic E-state index is 2.50. The van der Waals surface area contributed by atoms with Crippen LogP contribution in [0.4, 0.5) is 0 Å². The molecular weight excluding hydrogens is 326 g/mol. The van der Waals surface area contributed by atoms with Crippen molar-refractivity contribution in [2.24, 2.45) is 0 Å². The van der Waals surface area contributed by atoms with Crippen molar-refractivity contribution in [3.63, 3.8) is 0 Å². The Morgan fingerprint density at radius 2 is 0.963 bits per heavy atom. The normalized spacial score (nSPS) is 13.6. The molecule has 1 rings (SSSR count). The van der Waals surface area contributed by atoms with Crippen LogP contribution < -0.4 is 0 Å². The second-order valence-corrected chi connectivity index (χ2v) is 8.95. The first-order valence-corrected chi connectivity index (χ1v) is 12.1. The molecule has 1 nitrogen and oxygen atoms in total. The third-order valence-corrected chi connectivity index (χ3v) is 6.01. The molecule has 156 valence electrons. The molecule has 27 heavy (non-hydrogen) atoms. The molecule has 1 unspecified atom stereocenters. The summed E-state index contributed by atoms with van der Waals surface area (Å²) >= 11 is 0. The van der Waals surface area contributed by atoms with E-state index in [0.29, 0.717) is 0 Å². The number of quaternary nitrogens is 1. The van der Waals surface area contributed by atoms with E-state index in [1.807, 2.05) is 0 Å². The molecule has 1 heteroatoms. The van der Waals surface area contributed by atoms with Crippen molar-refractivity contribution in [2.45, 2.75) is 110 Å². The van der Waals surface area contributed by atoms with Gasteiger partial charge in [-0.2, -0.15) is 0 Å². The molecule has 0 saturated carbocycles. The van der Waals surface area contributed by atoms with Crippen LogP contribution in [0.2, 0.25) is 0 Å². The van der Waals surface area contributed by atoms with E-state index < -0.39 is 0 Å². The van der Waals surface area contributed by atoms with Gasteiger partial charge < -0.3 is 4.48 Å². The first kappa shape index (κ1) is 24.2. The van der Waals surface area contributed by atoms with Gasteiger partial charge in [-0.3, -0.25) is 0 Å². The molecule has 0 aliphatic heterocycles. The van der Waals surface area contributed by atoms with Crippen molar-refractivity contribution in [2.75, 3.05) is 20.1 Å². The Bertz CT molecular complexity index is 427. The smallest absolute Gasteiger partial charge is 0.104 e. The lowest BCUT2D eigenvalue weighted by atomic mass is 10.1. The molecule has 0 fully saturated rings. The number of unbranched alkanes of at least 4 members (excludes halogenated alkanes) is 12. The average molecular weight is 375 g/mol. The fraction of sp³-hybridized carbons (Fsp3) is 0.769. The topological polar surface area (TPSA) is 0 Å². The van der Waals surface area contributed by atoms with E-state index in [2.05, 4.69) is 51.2 Å². The molecule has 0 aromatic heterocycles. The largest absolute Gasteiger partial charge is 0.322 e. The molecule has 0 saturated heterocycles. The molecule has 1 aromatic rings. The Hall–Kier alpha value is -0.820. The van der Waals surface area contributed by atoms with Gasteiger partial charge in [-0.05, 0) is 25.7 Å². The zero-order chi connectivity index (χ0) is 19.6. The van der Waals surface area contributed by atoms with Gasteiger partial charge in [-0.1, -0.05) is 108 Å². The van der Waals surface area contributed by atoms with Crippen molar-refractivity contribution in [3.05, 3.63) is 35.9 Å². The van der Waals surface area contributed by atoms with Crippen molar-refractivity contribution in [3.8, 4) is 0 Å². The Morgan fingerprint density at radius 1 is 0.556 bits per heavy atom. The highest BCUT2D eigenvalue weighted by Gasteiger charge is 2.21. The van der Waals surface area contributed by atoms with E-state index in [4.69, 9.17) is 0 Å². The van der Waals surface area contributed by atoms with E-state index >= 15 is 0 Å². The van der Waals surface area contributed by atoms with Crippen molar-refractivity contribution >= 4 is 0 Å². The second-order valence-electron chi connectivity index (χ2n) is 8.95. The molecule has 0 bridgehead atoms. The molecule has 0 amide bonds. The lowest BCUT2D eigenvalue weighted by Gasteiger charge is -2.35. The van der Waals surface area contributed by atoms with Gasteiger partial charge in [0.05, 0.1) is 20.1 Å². The van der Waals surface area contributed by atoms with Gasteiger partial charge in [-0.15, -0.1) is 0 Å². The van der Waals surface area contributed by atoms with Gasteiger partial charge in [0.1, 0.15) is 6.54 Å². The van der Waals surface area contributed by atoms with Crippen LogP contribution in [0.1, 0.15) is 109 Å². The fourth-order valence-electron chi connectivity index (χ4n) is 4.20. The van der Waals surface area contributed by atoms with Gasteiger partial charge >= 0.3 is 0 Å². The van der Waals surface area contributed by atoms with Crippen LogP contribution in [0.5, 0.6) is 0 Å². The third-order valence-electron chi connectivity index (χ3n) is 6.01. The average Bonchev–Trinajstić information content (AvgIpc) is 2.67. The molecule has 1 atom stereocenters. The fourth-order valence-corrected chi connectivity index (χ4v) is 4.20. The van der Waals surface area contributed by atoms with E-state index in [-0.39, 0.29) is 0 Å². The lowest BCUT2D eigenvalue weighted by Crippen LogP contribution is -2.44. The summed E-state index contributed by atoms with van der Waals surface area (Å²) in [7, 11) is 2.50. The predicted molar refractivity (Wildman–Crippen MR) is 122 cm³/mol. The number of hydrogen-bond donors (Lipinski definition) is 0. The van der Waals surface area contributed by atoms with E-state index in [1.54, 1.807) is 0 Å². The highest BCUT2D eigenvalue weighted by molar-refractivity contribution is 5.13. The minimum absolute atomic E-state index is 1.20. The second kappa shape index (κ2) is 16.2. The maximum atomic E-state index is 2.50. The SMILES string of the molecule is CCCCCCCCCC[N+](C)(CCCCCCCC)Cc1ccccc1. The first-order chi connectivity index (χ1) is 13.2. The van der Waals surface area contributed by atoms with Gasteiger partial charge in [-0.25, -0.2) is 0 Å². The Morgan fingerprint density at radius 3 is 1.41 bits per heavy atom. The summed E-state index contributed by atoms with van der Waals surface area (Å²) in [5.74, 6) is 0. The highest BCUT2D eigenvalue weighted by Crippen LogP contribution is 2.18. The Balaban J connectivity index is 2.33. The van der Waals surface area contributed by atoms with Crippen LogP contribution in [0, 0.1) is 0 Å². The molecule has 0 radical (unpaired) electrons. The van der Waals surface area contributed by atoms with Crippen LogP contribution in [0.3, 0.4) is 0 Å². The molecule has 0 aliphatic rings. The van der Waals surface area contributed by atoms with Gasteiger partial charge in [0.15, 0.2) is 0 Å². The Kier molecular flexibility index (Phi) is 14.5. The van der Waals surface area contributed by atoms with Gasteiger partial charge in [0, 0.05) is 5.56 Å². The molecule has 0 spiro atoms. The minimum Gasteiger partial charge on any atom is -0.322 e. The monoisotopic (exact) mass is 374 g/mol. The van der Waals surface area contributed by atoms with Crippen LogP contribution in [0.25, 0.3) is 0 Å². The predicted octanol–water partition coefficient (Wildman–Crippen LogP) is 8.13. The molecule has 0 N–H and O–H groups in total. The number of hydrogen-bond acceptors (Lipinski definition) is 0. The molecule has 1 aromatic carbocycles. The first-order valence-electron chi connectivity index (χ1n) is 12.1. The summed E-state index contributed by atoms with van der Waals surface area (Å²) in [4.78, 5) is 0. The van der Waals surface area contributed by atoms with Crippen molar-refractivity contribution in [1.82, 2.24) is 0 Å². The quantitative estimate of drug-likeness (QED) is 0.180. The molecular formula is C26H48N+. The summed E-state index contributed by atoms with van der Waals surface area (Å²) in [6.45, 7) is 8.50. The summed E-state index contributed by atoms with van der Waals surface area (Å²) in [6.07, 6.45) is 19.8. The summed E-state index contributed by atoms with van der Waals surface area (Å²) in [5.41, 5.74) is 1.51. The minimum atomic E-state index is 1.20. The number of benzene rings is 1. The summed E-state index contributed by atoms with van der Waals surface area (Å²) in [5, 5.41) is 0. The van der Waals surface area contributed by atoms with E-state index in [9.17, 15) is 0 Å². The van der Waals surface area contributed by atoms with Crippen LogP contribution >= 0.6 is 0 Å². The maximum Gasteiger partial charge on any atom is 0.104 e. The van der Waals surface area contributed by atoms with Crippen LogP contribution in [0.15, 0.2) is 30.3 Å². The zero-order valence-electron chi connectivity index (χ0n) is 18.9. The summed E-state index contributed by atoms with van der Waals surface area (Å²) < 4.78 is 1.23. The zero-order valence-corrected chi connectivity index (χ0v) is 18.9. The van der Waals surface area contributed by atoms with Crippen LogP contribution in [-0.2, 0) is 6.54 Å². The lowest BCUT2D eigenvalue weighted by molar-refractivity contribution is -0.923. The highest BCUT2D eigenvalue weighted by atomic mass is 15.3.